The van der Waals surface area contributed by atoms with Gasteiger partial charge in [-0.1, -0.05) is 0 Å². The molecule has 1 aliphatic rings. The summed E-state index contributed by atoms with van der Waals surface area (Å²) in [4.78, 5) is 1.64. The first kappa shape index (κ1) is 11.9. The smallest absolute Gasteiger partial charge is 0.198 e. The Balaban J connectivity index is 2.76. The summed E-state index contributed by atoms with van der Waals surface area (Å²) in [6.45, 7) is 1.64. The summed E-state index contributed by atoms with van der Waals surface area (Å²) >= 11 is 0. The molecule has 0 aromatic heterocycles. The van der Waals surface area contributed by atoms with Crippen molar-refractivity contribution in [1.82, 2.24) is 0 Å². The minimum absolute atomic E-state index is 0.0195. The van der Waals surface area contributed by atoms with Crippen LogP contribution in [0, 0.1) is 17.1 Å². The quantitative estimate of drug-likeness (QED) is 0.655. The molecule has 6 heteroatoms. The predicted octanol–water partition coefficient (Wildman–Crippen LogP) is 1.33. The van der Waals surface area contributed by atoms with Gasteiger partial charge in [-0.15, -0.1) is 0 Å². The maximum atomic E-state index is 13.1. The van der Waals surface area contributed by atoms with Gasteiger partial charge in [0, 0.05) is 7.05 Å². The summed E-state index contributed by atoms with van der Waals surface area (Å²) in [6, 6.07) is 4.79. The van der Waals surface area contributed by atoms with Crippen LogP contribution in [0.3, 0.4) is 0 Å². The number of rotatable bonds is 0. The fraction of sp³-hybridized carbons (Fsp3) is 0.364. The zero-order chi connectivity index (χ0) is 12.8. The maximum absolute atomic E-state index is 13.1. The van der Waals surface area contributed by atoms with Crippen LogP contribution in [0.15, 0.2) is 23.1 Å². The van der Waals surface area contributed by atoms with Crippen molar-refractivity contribution in [3.63, 3.8) is 0 Å². The van der Waals surface area contributed by atoms with Gasteiger partial charge in [-0.3, -0.25) is 0 Å². The molecule has 1 aromatic carbocycles. The van der Waals surface area contributed by atoms with E-state index in [4.69, 9.17) is 5.26 Å². The second kappa shape index (κ2) is 3.70. The van der Waals surface area contributed by atoms with Gasteiger partial charge in [0.25, 0.3) is 0 Å². The average molecular weight is 254 g/mol. The van der Waals surface area contributed by atoms with Gasteiger partial charge >= 0.3 is 0 Å². The molecule has 0 spiro atoms. The van der Waals surface area contributed by atoms with Crippen molar-refractivity contribution in [3.05, 3.63) is 24.0 Å². The van der Waals surface area contributed by atoms with E-state index in [0.717, 1.165) is 6.07 Å². The lowest BCUT2D eigenvalue weighted by Gasteiger charge is -2.36. The minimum atomic E-state index is -3.70. The number of nitrogens with zero attached hydrogens (tertiary/aromatic N) is 2. The first-order valence-electron chi connectivity index (χ1n) is 5.05. The highest BCUT2D eigenvalue weighted by Crippen LogP contribution is 2.36. The van der Waals surface area contributed by atoms with Crippen LogP contribution in [0.4, 0.5) is 10.1 Å². The van der Waals surface area contributed by atoms with Crippen LogP contribution in [0.2, 0.25) is 0 Å². The monoisotopic (exact) mass is 254 g/mol. The van der Waals surface area contributed by atoms with E-state index in [1.165, 1.54) is 12.1 Å². The number of fused-ring (bicyclic) bond motifs is 1. The number of anilines is 1. The van der Waals surface area contributed by atoms with Crippen LogP contribution in [0.25, 0.3) is 0 Å². The van der Waals surface area contributed by atoms with Crippen molar-refractivity contribution in [1.29, 1.82) is 5.26 Å². The molecule has 1 aliphatic heterocycles. The lowest BCUT2D eigenvalue weighted by Crippen LogP contribution is -2.47. The molecule has 0 bridgehead atoms. The van der Waals surface area contributed by atoms with E-state index in [9.17, 15) is 12.8 Å². The van der Waals surface area contributed by atoms with Crippen LogP contribution in [-0.2, 0) is 9.84 Å². The Morgan fingerprint density at radius 3 is 2.71 bits per heavy atom. The number of sulfone groups is 1. The van der Waals surface area contributed by atoms with E-state index in [2.05, 4.69) is 0 Å². The summed E-state index contributed by atoms with van der Waals surface area (Å²) < 4.78 is 37.4. The molecule has 1 aromatic rings. The first-order valence-corrected chi connectivity index (χ1v) is 6.60. The number of benzene rings is 1. The molecule has 17 heavy (non-hydrogen) atoms. The molecule has 1 heterocycles. The standard InChI is InChI=1S/C11H11FN2O2S/c1-7-11(6-13)17(15,16)10-4-3-8(12)5-9(10)14(7)2/h3-5,7,11H,1-2H3. The van der Waals surface area contributed by atoms with Crippen LogP contribution < -0.4 is 4.90 Å². The summed E-state index contributed by atoms with van der Waals surface area (Å²) in [5, 5.41) is 7.85. The van der Waals surface area contributed by atoms with Crippen molar-refractivity contribution >= 4 is 15.5 Å². The Bertz CT molecular complexity index is 606. The molecular weight excluding hydrogens is 243 g/mol. The Labute approximate surface area is 99.2 Å². The van der Waals surface area contributed by atoms with Gasteiger partial charge in [-0.25, -0.2) is 12.8 Å². The topological polar surface area (TPSA) is 61.2 Å². The van der Waals surface area contributed by atoms with Gasteiger partial charge in [-0.05, 0) is 25.1 Å². The summed E-state index contributed by atoms with van der Waals surface area (Å²) in [7, 11) is -2.05. The van der Waals surface area contributed by atoms with Gasteiger partial charge in [-0.2, -0.15) is 5.26 Å². The van der Waals surface area contributed by atoms with E-state index in [-0.39, 0.29) is 4.90 Å². The molecule has 0 radical (unpaired) electrons. The second-order valence-corrected chi connectivity index (χ2v) is 6.10. The Hall–Kier alpha value is -1.61. The summed E-state index contributed by atoms with van der Waals surface area (Å²) in [5.74, 6) is -0.492. The van der Waals surface area contributed by atoms with Crippen LogP contribution in [-0.4, -0.2) is 26.8 Å². The molecular formula is C11H11FN2O2S. The minimum Gasteiger partial charge on any atom is -0.368 e. The lowest BCUT2D eigenvalue weighted by molar-refractivity contribution is 0.560. The number of halogens is 1. The normalized spacial score (nSPS) is 26.1. The van der Waals surface area contributed by atoms with E-state index in [1.54, 1.807) is 24.9 Å². The Morgan fingerprint density at radius 1 is 1.47 bits per heavy atom. The third-order valence-electron chi connectivity index (χ3n) is 3.12. The van der Waals surface area contributed by atoms with Crippen molar-refractivity contribution in [2.24, 2.45) is 0 Å². The first-order chi connectivity index (χ1) is 7.89. The highest BCUT2D eigenvalue weighted by atomic mass is 32.2. The highest BCUT2D eigenvalue weighted by Gasteiger charge is 2.41. The Kier molecular flexibility index (Phi) is 2.59. The predicted molar refractivity (Wildman–Crippen MR) is 60.9 cm³/mol. The summed E-state index contributed by atoms with van der Waals surface area (Å²) in [5.41, 5.74) is 0.309. The molecule has 0 N–H and O–H groups in total. The molecule has 2 unspecified atom stereocenters. The molecule has 0 saturated heterocycles. The largest absolute Gasteiger partial charge is 0.368 e. The van der Waals surface area contributed by atoms with Gasteiger partial charge < -0.3 is 4.90 Å². The molecule has 0 fully saturated rings. The van der Waals surface area contributed by atoms with E-state index in [1.807, 2.05) is 0 Å². The van der Waals surface area contributed by atoms with Crippen LogP contribution in [0.5, 0.6) is 0 Å². The second-order valence-electron chi connectivity index (χ2n) is 4.06. The molecule has 0 saturated carbocycles. The number of hydrogen-bond donors (Lipinski definition) is 0. The highest BCUT2D eigenvalue weighted by molar-refractivity contribution is 7.92. The lowest BCUT2D eigenvalue weighted by atomic mass is 10.2. The SMILES string of the molecule is CC1C(C#N)S(=O)(=O)c2ccc(F)cc2N1C. The fourth-order valence-corrected chi connectivity index (χ4v) is 3.87. The zero-order valence-electron chi connectivity index (χ0n) is 9.38. The molecule has 2 rings (SSSR count). The van der Waals surface area contributed by atoms with Crippen molar-refractivity contribution in [3.8, 4) is 6.07 Å². The van der Waals surface area contributed by atoms with Gasteiger partial charge in [0.15, 0.2) is 15.1 Å². The van der Waals surface area contributed by atoms with Crippen LogP contribution in [0.1, 0.15) is 6.92 Å². The van der Waals surface area contributed by atoms with E-state index < -0.39 is 26.9 Å². The number of nitriles is 1. The Morgan fingerprint density at radius 2 is 2.12 bits per heavy atom. The van der Waals surface area contributed by atoms with Gasteiger partial charge in [0.1, 0.15) is 5.82 Å². The maximum Gasteiger partial charge on any atom is 0.198 e. The number of hydrogen-bond acceptors (Lipinski definition) is 4. The average Bonchev–Trinajstić information content (AvgIpc) is 2.26. The fourth-order valence-electron chi connectivity index (χ4n) is 2.00. The molecule has 90 valence electrons. The van der Waals surface area contributed by atoms with E-state index in [0.29, 0.717) is 5.69 Å². The van der Waals surface area contributed by atoms with Crippen molar-refractivity contribution in [2.75, 3.05) is 11.9 Å². The molecule has 0 aliphatic carbocycles. The molecule has 0 amide bonds. The van der Waals surface area contributed by atoms with Crippen molar-refractivity contribution < 1.29 is 12.8 Å². The summed E-state index contributed by atoms with van der Waals surface area (Å²) in [6.07, 6.45) is 0. The van der Waals surface area contributed by atoms with Crippen LogP contribution >= 0.6 is 0 Å². The van der Waals surface area contributed by atoms with Gasteiger partial charge in [0.05, 0.1) is 22.7 Å². The molecule has 2 atom stereocenters. The van der Waals surface area contributed by atoms with E-state index >= 15 is 0 Å². The third-order valence-corrected chi connectivity index (χ3v) is 5.24. The third kappa shape index (κ3) is 1.58. The zero-order valence-corrected chi connectivity index (χ0v) is 10.2. The van der Waals surface area contributed by atoms with Gasteiger partial charge in [0.2, 0.25) is 0 Å². The van der Waals surface area contributed by atoms with Crippen molar-refractivity contribution in [2.45, 2.75) is 23.1 Å². The molecule has 4 nitrogen and oxygen atoms in total.